The van der Waals surface area contributed by atoms with Crippen LogP contribution in [0, 0.1) is 0 Å². The standard InChI is InChI=1S/C7H10B3O2P/c8-6-4-2-1-3-5(6)7(11)13(9,10)12/h1-4H,8-10H2. The summed E-state index contributed by atoms with van der Waals surface area (Å²) >= 11 is 0. The van der Waals surface area contributed by atoms with E-state index in [-0.39, 0.29) is 5.52 Å². The molecule has 1 aromatic carbocycles. The minimum absolute atomic E-state index is 0.231. The molecule has 0 fully saturated rings. The second-order valence-corrected chi connectivity index (χ2v) is 6.58. The molecule has 2 nitrogen and oxygen atoms in total. The van der Waals surface area contributed by atoms with Crippen LogP contribution >= 0.6 is 6.90 Å². The number of carbonyl (C=O) groups is 1. The van der Waals surface area contributed by atoms with E-state index in [0.29, 0.717) is 5.56 Å². The summed E-state index contributed by atoms with van der Waals surface area (Å²) < 4.78 is 11.5. The van der Waals surface area contributed by atoms with Gasteiger partial charge in [0.15, 0.2) is 15.1 Å². The summed E-state index contributed by atoms with van der Waals surface area (Å²) in [6.07, 6.45) is 0. The first-order valence-corrected chi connectivity index (χ1v) is 6.68. The van der Waals surface area contributed by atoms with Crippen LogP contribution < -0.4 is 5.46 Å². The Labute approximate surface area is 80.6 Å². The van der Waals surface area contributed by atoms with Gasteiger partial charge in [0.1, 0.15) is 7.85 Å². The fourth-order valence-electron chi connectivity index (χ4n) is 1.10. The Morgan fingerprint density at radius 3 is 2.23 bits per heavy atom. The van der Waals surface area contributed by atoms with Crippen LogP contribution in [0.15, 0.2) is 24.3 Å². The Hall–Kier alpha value is -0.685. The SMILES string of the molecule is Bc1ccccc1C(=O)P(B)(B)=O. The zero-order chi connectivity index (χ0) is 10.1. The fraction of sp³-hybridized carbons (Fsp3) is 0. The molecule has 0 radical (unpaired) electrons. The van der Waals surface area contributed by atoms with Crippen molar-refractivity contribution in [1.82, 2.24) is 0 Å². The first-order chi connectivity index (χ1) is 5.93. The molecule has 1 rings (SSSR count). The van der Waals surface area contributed by atoms with Crippen molar-refractivity contribution in [2.75, 3.05) is 0 Å². The van der Waals surface area contributed by atoms with E-state index in [0.717, 1.165) is 5.46 Å². The molecule has 0 saturated heterocycles. The van der Waals surface area contributed by atoms with Gasteiger partial charge in [-0.25, -0.2) is 0 Å². The Balaban J connectivity index is 3.18. The quantitative estimate of drug-likeness (QED) is 0.421. The number of hydrogen-bond donors (Lipinski definition) is 0. The van der Waals surface area contributed by atoms with E-state index in [1.54, 1.807) is 12.1 Å². The number of carbonyl (C=O) groups excluding carboxylic acids is 1. The average Bonchev–Trinajstić information content (AvgIpc) is 2.02. The van der Waals surface area contributed by atoms with Crippen molar-refractivity contribution in [3.05, 3.63) is 29.8 Å². The summed E-state index contributed by atoms with van der Waals surface area (Å²) in [6.45, 7) is -2.64. The van der Waals surface area contributed by atoms with E-state index in [4.69, 9.17) is 0 Å². The zero-order valence-electron chi connectivity index (χ0n) is 8.07. The van der Waals surface area contributed by atoms with Gasteiger partial charge in [-0.1, -0.05) is 29.7 Å². The molecular weight excluding hydrogens is 179 g/mol. The van der Waals surface area contributed by atoms with E-state index < -0.39 is 6.90 Å². The van der Waals surface area contributed by atoms with Gasteiger partial charge in [-0.3, -0.25) is 4.79 Å². The summed E-state index contributed by atoms with van der Waals surface area (Å²) in [5.41, 5.74) is 1.23. The van der Waals surface area contributed by atoms with E-state index in [1.165, 1.54) is 15.1 Å². The summed E-state index contributed by atoms with van der Waals surface area (Å²) in [4.78, 5) is 11.6. The van der Waals surface area contributed by atoms with Gasteiger partial charge in [0, 0.05) is 5.56 Å². The maximum Gasteiger partial charge on any atom is 0.201 e. The van der Waals surface area contributed by atoms with Gasteiger partial charge in [-0.05, 0) is 0 Å². The molecule has 0 aromatic heterocycles. The van der Waals surface area contributed by atoms with Gasteiger partial charge >= 0.3 is 0 Å². The molecule has 6 heteroatoms. The summed E-state index contributed by atoms with van der Waals surface area (Å²) in [7, 11) is 4.85. The highest BCUT2D eigenvalue weighted by molar-refractivity contribution is 8.17. The Kier molecular flexibility index (Phi) is 2.87. The van der Waals surface area contributed by atoms with E-state index in [2.05, 4.69) is 0 Å². The molecule has 0 aliphatic heterocycles. The van der Waals surface area contributed by atoms with Crippen LogP contribution in [0.5, 0.6) is 0 Å². The highest BCUT2D eigenvalue weighted by Gasteiger charge is 2.21. The molecular formula is C7H10B3O2P. The second-order valence-electron chi connectivity index (χ2n) is 3.47. The van der Waals surface area contributed by atoms with Gasteiger partial charge in [0.2, 0.25) is 5.52 Å². The van der Waals surface area contributed by atoms with Gasteiger partial charge in [0.25, 0.3) is 0 Å². The van der Waals surface area contributed by atoms with Crippen LogP contribution in [0.1, 0.15) is 10.4 Å². The minimum atomic E-state index is -2.64. The lowest BCUT2D eigenvalue weighted by molar-refractivity contribution is 0.108. The van der Waals surface area contributed by atoms with Crippen LogP contribution in [0.4, 0.5) is 0 Å². The predicted octanol–water partition coefficient (Wildman–Crippen LogP) is -1.46. The Morgan fingerprint density at radius 2 is 1.77 bits per heavy atom. The third kappa shape index (κ3) is 2.38. The maximum atomic E-state index is 11.6. The lowest BCUT2D eigenvalue weighted by atomic mass is 9.91. The highest BCUT2D eigenvalue weighted by Crippen LogP contribution is 2.36. The maximum absolute atomic E-state index is 11.6. The molecule has 1 aromatic rings. The van der Waals surface area contributed by atoms with E-state index >= 15 is 0 Å². The van der Waals surface area contributed by atoms with Crippen LogP contribution in [-0.4, -0.2) is 28.5 Å². The summed E-state index contributed by atoms with van der Waals surface area (Å²) in [6, 6.07) is 7.22. The lowest BCUT2D eigenvalue weighted by Gasteiger charge is -2.08. The van der Waals surface area contributed by atoms with Crippen molar-refractivity contribution in [3.63, 3.8) is 0 Å². The Morgan fingerprint density at radius 1 is 1.23 bits per heavy atom. The zero-order valence-corrected chi connectivity index (χ0v) is 8.97. The first-order valence-electron chi connectivity index (χ1n) is 4.08. The molecule has 0 saturated carbocycles. The number of rotatable bonds is 2. The van der Waals surface area contributed by atoms with Gasteiger partial charge in [-0.15, -0.1) is 0 Å². The predicted molar refractivity (Wildman–Crippen MR) is 63.6 cm³/mol. The van der Waals surface area contributed by atoms with Crippen molar-refractivity contribution in [2.24, 2.45) is 0 Å². The molecule has 64 valence electrons. The van der Waals surface area contributed by atoms with Crippen LogP contribution in [0.3, 0.4) is 0 Å². The average molecular weight is 190 g/mol. The monoisotopic (exact) mass is 190 g/mol. The third-order valence-electron chi connectivity index (χ3n) is 1.86. The molecule has 0 heterocycles. The van der Waals surface area contributed by atoms with E-state index in [9.17, 15) is 9.36 Å². The molecule has 0 aliphatic carbocycles. The smallest absolute Gasteiger partial charge is 0.201 e. The van der Waals surface area contributed by atoms with Gasteiger partial charge < -0.3 is 4.57 Å². The van der Waals surface area contributed by atoms with Crippen molar-refractivity contribution in [1.29, 1.82) is 0 Å². The molecule has 0 atom stereocenters. The molecule has 0 spiro atoms. The molecule has 13 heavy (non-hydrogen) atoms. The fourth-order valence-corrected chi connectivity index (χ4v) is 1.93. The number of hydrogen-bond acceptors (Lipinski definition) is 2. The molecule has 0 amide bonds. The normalized spacial score (nSPS) is 11.1. The molecule has 0 N–H and O–H groups in total. The summed E-state index contributed by atoms with van der Waals surface area (Å²) in [5.74, 6) is 0. The second kappa shape index (κ2) is 3.59. The molecule has 0 bridgehead atoms. The van der Waals surface area contributed by atoms with Gasteiger partial charge in [-0.2, -0.15) is 0 Å². The van der Waals surface area contributed by atoms with Gasteiger partial charge in [0.05, 0.1) is 6.90 Å². The highest BCUT2D eigenvalue weighted by atomic mass is 31.2. The molecule has 0 unspecified atom stereocenters. The van der Waals surface area contributed by atoms with Crippen LogP contribution in [0.25, 0.3) is 0 Å². The minimum Gasteiger partial charge on any atom is -0.337 e. The van der Waals surface area contributed by atoms with Crippen molar-refractivity contribution in [2.45, 2.75) is 0 Å². The molecule has 0 aliphatic rings. The Bertz CT molecular complexity index is 385. The van der Waals surface area contributed by atoms with Crippen LogP contribution in [-0.2, 0) is 4.57 Å². The van der Waals surface area contributed by atoms with Crippen LogP contribution in [0.2, 0.25) is 0 Å². The van der Waals surface area contributed by atoms with Crippen molar-refractivity contribution < 1.29 is 9.36 Å². The largest absolute Gasteiger partial charge is 0.337 e. The summed E-state index contributed by atoms with van der Waals surface area (Å²) in [5, 5.41) is 0. The first kappa shape index (κ1) is 10.4. The van der Waals surface area contributed by atoms with Crippen molar-refractivity contribution >= 4 is 40.9 Å². The topological polar surface area (TPSA) is 34.1 Å². The number of benzene rings is 1. The third-order valence-corrected chi connectivity index (χ3v) is 3.08. The van der Waals surface area contributed by atoms with E-state index in [1.807, 2.05) is 20.0 Å². The lowest BCUT2D eigenvalue weighted by Crippen LogP contribution is -2.15. The van der Waals surface area contributed by atoms with Crippen molar-refractivity contribution in [3.8, 4) is 0 Å².